The van der Waals surface area contributed by atoms with Crippen LogP contribution in [0.2, 0.25) is 0 Å². The second kappa shape index (κ2) is 3.79. The van der Waals surface area contributed by atoms with E-state index in [-0.39, 0.29) is 0 Å². The minimum absolute atomic E-state index is 1.33. The molecule has 1 aromatic carbocycles. The van der Waals surface area contributed by atoms with Crippen molar-refractivity contribution >= 4 is 55.8 Å². The highest BCUT2D eigenvalue weighted by atomic mass is 127. The molecule has 0 atom stereocenters. The van der Waals surface area contributed by atoms with Gasteiger partial charge in [0, 0.05) is 18.0 Å². The van der Waals surface area contributed by atoms with Crippen molar-refractivity contribution in [3.8, 4) is 0 Å². The normalized spacial score (nSPS) is 11.0. The molecular formula is C10H9IS2. The van der Waals surface area contributed by atoms with E-state index >= 15 is 0 Å². The topological polar surface area (TPSA) is 0 Å². The van der Waals surface area contributed by atoms with Crippen molar-refractivity contribution in [1.29, 1.82) is 0 Å². The molecule has 0 unspecified atom stereocenters. The minimum atomic E-state index is 1.33. The summed E-state index contributed by atoms with van der Waals surface area (Å²) < 4.78 is 2.76. The third kappa shape index (κ3) is 1.87. The van der Waals surface area contributed by atoms with Crippen molar-refractivity contribution in [1.82, 2.24) is 0 Å². The molecule has 0 bridgehead atoms. The lowest BCUT2D eigenvalue weighted by Gasteiger charge is -1.99. The molecule has 68 valence electrons. The summed E-state index contributed by atoms with van der Waals surface area (Å²) in [6.07, 6.45) is 2.14. The summed E-state index contributed by atoms with van der Waals surface area (Å²) >= 11 is 6.10. The van der Waals surface area contributed by atoms with Gasteiger partial charge in [-0.1, -0.05) is 0 Å². The van der Waals surface area contributed by atoms with Crippen LogP contribution < -0.4 is 0 Å². The Balaban J connectivity index is 2.80. The van der Waals surface area contributed by atoms with E-state index in [1.807, 2.05) is 23.1 Å². The van der Waals surface area contributed by atoms with Crippen LogP contribution >= 0.6 is 45.7 Å². The highest BCUT2D eigenvalue weighted by Crippen LogP contribution is 2.34. The molecule has 1 aromatic heterocycles. The first-order valence-corrected chi connectivity index (χ1v) is 7.06. The molecule has 0 saturated heterocycles. The molecule has 0 fully saturated rings. The van der Waals surface area contributed by atoms with Gasteiger partial charge in [-0.15, -0.1) is 23.1 Å². The number of rotatable bonds is 1. The number of fused-ring (bicyclic) bond motifs is 1. The fraction of sp³-hybridized carbons (Fsp3) is 0.200. The molecule has 0 N–H and O–H groups in total. The smallest absolute Gasteiger partial charge is 0.0482 e. The lowest BCUT2D eigenvalue weighted by atomic mass is 10.2. The Morgan fingerprint density at radius 1 is 1.31 bits per heavy atom. The zero-order valence-electron chi connectivity index (χ0n) is 7.43. The van der Waals surface area contributed by atoms with E-state index in [0.29, 0.717) is 0 Å². The molecule has 1 heterocycles. The minimum Gasteiger partial charge on any atom is -0.139 e. The van der Waals surface area contributed by atoms with Crippen molar-refractivity contribution in [3.05, 3.63) is 26.6 Å². The maximum absolute atomic E-state index is 2.38. The predicted molar refractivity (Wildman–Crippen MR) is 71.1 cm³/mol. The van der Waals surface area contributed by atoms with E-state index in [1.165, 1.54) is 23.4 Å². The Morgan fingerprint density at radius 2 is 2.08 bits per heavy atom. The third-order valence-corrected chi connectivity index (χ3v) is 4.50. The number of hydrogen-bond acceptors (Lipinski definition) is 2. The Bertz CT molecular complexity index is 445. The van der Waals surface area contributed by atoms with Gasteiger partial charge in [-0.2, -0.15) is 0 Å². The molecule has 0 aliphatic rings. The molecule has 2 aromatic rings. The largest absolute Gasteiger partial charge is 0.139 e. The Kier molecular flexibility index (Phi) is 2.86. The van der Waals surface area contributed by atoms with Gasteiger partial charge in [0.15, 0.2) is 0 Å². The second-order valence-corrected chi connectivity index (χ2v) is 6.23. The van der Waals surface area contributed by atoms with Gasteiger partial charge < -0.3 is 0 Å². The molecule has 0 aliphatic heterocycles. The molecule has 0 spiro atoms. The van der Waals surface area contributed by atoms with E-state index in [4.69, 9.17) is 0 Å². The van der Waals surface area contributed by atoms with Gasteiger partial charge in [-0.05, 0) is 59.4 Å². The van der Waals surface area contributed by atoms with Gasteiger partial charge in [-0.3, -0.25) is 0 Å². The van der Waals surface area contributed by atoms with Crippen LogP contribution in [0.5, 0.6) is 0 Å². The van der Waals surface area contributed by atoms with Crippen LogP contribution in [0, 0.1) is 10.5 Å². The quantitative estimate of drug-likeness (QED) is 0.549. The van der Waals surface area contributed by atoms with Crippen LogP contribution in [0.15, 0.2) is 23.1 Å². The number of thiophene rings is 1. The van der Waals surface area contributed by atoms with Gasteiger partial charge >= 0.3 is 0 Å². The van der Waals surface area contributed by atoms with Crippen molar-refractivity contribution < 1.29 is 0 Å². The summed E-state index contributed by atoms with van der Waals surface area (Å²) in [5.41, 5.74) is 0. The van der Waals surface area contributed by atoms with Gasteiger partial charge in [0.25, 0.3) is 0 Å². The second-order valence-electron chi connectivity index (χ2n) is 2.88. The summed E-state index contributed by atoms with van der Waals surface area (Å²) in [5.74, 6) is 0. The van der Waals surface area contributed by atoms with Gasteiger partial charge in [0.2, 0.25) is 0 Å². The number of thioether (sulfide) groups is 1. The Hall–Kier alpha value is 0.260. The number of benzene rings is 1. The van der Waals surface area contributed by atoms with Crippen LogP contribution in [0.25, 0.3) is 10.1 Å². The molecule has 0 amide bonds. The molecule has 0 aliphatic carbocycles. The van der Waals surface area contributed by atoms with E-state index in [0.717, 1.165) is 0 Å². The fourth-order valence-electron chi connectivity index (χ4n) is 1.37. The highest BCUT2D eigenvalue weighted by Gasteiger charge is 2.04. The average molecular weight is 320 g/mol. The van der Waals surface area contributed by atoms with E-state index in [1.54, 1.807) is 0 Å². The van der Waals surface area contributed by atoms with Crippen LogP contribution in [0.4, 0.5) is 0 Å². The molecule has 3 heteroatoms. The van der Waals surface area contributed by atoms with E-state index in [9.17, 15) is 0 Å². The number of aryl methyl sites for hydroxylation is 1. The number of halogens is 1. The first kappa shape index (κ1) is 9.80. The van der Waals surface area contributed by atoms with Crippen molar-refractivity contribution in [2.45, 2.75) is 11.8 Å². The predicted octanol–water partition coefficient (Wildman–Crippen LogP) is 4.54. The van der Waals surface area contributed by atoms with Gasteiger partial charge in [-0.25, -0.2) is 0 Å². The SMILES string of the molecule is CSc1cc(I)cc2cc(C)sc12. The van der Waals surface area contributed by atoms with Crippen molar-refractivity contribution in [3.63, 3.8) is 0 Å². The lowest BCUT2D eigenvalue weighted by molar-refractivity contribution is 1.55. The fourth-order valence-corrected chi connectivity index (χ4v) is 4.05. The molecule has 0 nitrogen and oxygen atoms in total. The summed E-state index contributed by atoms with van der Waals surface area (Å²) in [6.45, 7) is 2.17. The summed E-state index contributed by atoms with van der Waals surface area (Å²) in [4.78, 5) is 2.80. The first-order valence-electron chi connectivity index (χ1n) is 3.94. The maximum Gasteiger partial charge on any atom is 0.0482 e. The molecular weight excluding hydrogens is 311 g/mol. The van der Waals surface area contributed by atoms with E-state index < -0.39 is 0 Å². The summed E-state index contributed by atoms with van der Waals surface area (Å²) in [6, 6.07) is 6.77. The summed E-state index contributed by atoms with van der Waals surface area (Å²) in [7, 11) is 0. The Morgan fingerprint density at radius 3 is 2.77 bits per heavy atom. The van der Waals surface area contributed by atoms with E-state index in [2.05, 4.69) is 54.0 Å². The van der Waals surface area contributed by atoms with Crippen molar-refractivity contribution in [2.75, 3.05) is 6.26 Å². The molecule has 13 heavy (non-hydrogen) atoms. The standard InChI is InChI=1S/C10H9IS2/c1-6-3-7-4-8(11)5-9(12-2)10(7)13-6/h3-5H,1-2H3. The third-order valence-electron chi connectivity index (χ3n) is 1.89. The zero-order chi connectivity index (χ0) is 9.42. The molecule has 2 rings (SSSR count). The molecule has 0 radical (unpaired) electrons. The highest BCUT2D eigenvalue weighted by molar-refractivity contribution is 14.1. The lowest BCUT2D eigenvalue weighted by Crippen LogP contribution is -1.74. The maximum atomic E-state index is 2.38. The van der Waals surface area contributed by atoms with Crippen molar-refractivity contribution in [2.24, 2.45) is 0 Å². The zero-order valence-corrected chi connectivity index (χ0v) is 11.2. The average Bonchev–Trinajstić information content (AvgIpc) is 2.43. The number of hydrogen-bond donors (Lipinski definition) is 0. The van der Waals surface area contributed by atoms with Crippen LogP contribution in [0.1, 0.15) is 4.88 Å². The van der Waals surface area contributed by atoms with Gasteiger partial charge in [0.1, 0.15) is 0 Å². The van der Waals surface area contributed by atoms with Crippen LogP contribution in [-0.4, -0.2) is 6.26 Å². The first-order chi connectivity index (χ1) is 6.20. The molecule has 0 saturated carbocycles. The summed E-state index contributed by atoms with van der Waals surface area (Å²) in [5, 5.41) is 1.39. The Labute approximate surface area is 99.9 Å². The van der Waals surface area contributed by atoms with Gasteiger partial charge in [0.05, 0.1) is 0 Å². The van der Waals surface area contributed by atoms with Crippen LogP contribution in [0.3, 0.4) is 0 Å². The van der Waals surface area contributed by atoms with Crippen LogP contribution in [-0.2, 0) is 0 Å². The monoisotopic (exact) mass is 320 g/mol.